The maximum atomic E-state index is 12.0. The number of carbonyl (C=O) groups is 1. The van der Waals surface area contributed by atoms with Crippen molar-refractivity contribution in [3.8, 4) is 5.75 Å². The van der Waals surface area contributed by atoms with Gasteiger partial charge in [0, 0.05) is 10.5 Å². The first-order chi connectivity index (χ1) is 10.0. The Morgan fingerprint density at radius 3 is 2.48 bits per heavy atom. The van der Waals surface area contributed by atoms with Crippen molar-refractivity contribution in [2.45, 2.75) is 4.90 Å². The molecule has 0 aliphatic heterocycles. The molecule has 0 fully saturated rings. The normalized spacial score (nSPS) is 10.2. The number of hydrogen-bond acceptors (Lipinski definition) is 5. The van der Waals surface area contributed by atoms with Crippen LogP contribution in [0.5, 0.6) is 5.75 Å². The van der Waals surface area contributed by atoms with Crippen molar-refractivity contribution in [2.24, 2.45) is 0 Å². The Kier molecular flexibility index (Phi) is 4.98. The average Bonchev–Trinajstić information content (AvgIpc) is 2.48. The summed E-state index contributed by atoms with van der Waals surface area (Å²) in [7, 11) is 0. The lowest BCUT2D eigenvalue weighted by Gasteiger charge is -2.05. The van der Waals surface area contributed by atoms with E-state index in [1.165, 1.54) is 23.9 Å². The number of rotatable bonds is 4. The van der Waals surface area contributed by atoms with E-state index in [0.29, 0.717) is 10.6 Å². The third-order valence-corrected chi connectivity index (χ3v) is 3.95. The average molecular weight is 368 g/mol. The van der Waals surface area contributed by atoms with Crippen LogP contribution < -0.4 is 4.74 Å². The van der Waals surface area contributed by atoms with Gasteiger partial charge in [0.1, 0.15) is 5.75 Å². The fraction of sp³-hybridized carbons (Fsp3) is 0.0714. The minimum atomic E-state index is -0.631. The van der Waals surface area contributed by atoms with Crippen molar-refractivity contribution >= 4 is 39.3 Å². The van der Waals surface area contributed by atoms with Crippen LogP contribution in [0.3, 0.4) is 0 Å². The summed E-state index contributed by atoms with van der Waals surface area (Å²) < 4.78 is 6.04. The Bertz CT molecular complexity index is 688. The molecule has 0 unspecified atom stereocenters. The van der Waals surface area contributed by atoms with Crippen LogP contribution in [-0.4, -0.2) is 17.1 Å². The van der Waals surface area contributed by atoms with Gasteiger partial charge in [-0.15, -0.1) is 11.8 Å². The first kappa shape index (κ1) is 15.5. The van der Waals surface area contributed by atoms with Gasteiger partial charge in [-0.1, -0.05) is 15.9 Å². The molecule has 0 aromatic heterocycles. The number of esters is 1. The number of hydrogen-bond donors (Lipinski definition) is 0. The molecular formula is C14H10BrNO4S. The molecule has 0 spiro atoms. The molecule has 108 valence electrons. The van der Waals surface area contributed by atoms with Crippen molar-refractivity contribution in [3.05, 3.63) is 62.6 Å². The van der Waals surface area contributed by atoms with Crippen molar-refractivity contribution < 1.29 is 14.5 Å². The molecule has 0 saturated carbocycles. The third-order valence-electron chi connectivity index (χ3n) is 2.64. The van der Waals surface area contributed by atoms with E-state index in [1.54, 1.807) is 36.6 Å². The summed E-state index contributed by atoms with van der Waals surface area (Å²) in [5.74, 6) is -0.257. The summed E-state index contributed by atoms with van der Waals surface area (Å²) in [6.45, 7) is 0. The van der Waals surface area contributed by atoms with Crippen LogP contribution >= 0.6 is 27.7 Å². The maximum Gasteiger partial charge on any atom is 0.343 e. The topological polar surface area (TPSA) is 69.4 Å². The minimum Gasteiger partial charge on any atom is -0.423 e. The SMILES string of the molecule is CSc1ccc(C(=O)Oc2ccc(Br)cc2)cc1[N+](=O)[O-]. The highest BCUT2D eigenvalue weighted by atomic mass is 79.9. The van der Waals surface area contributed by atoms with Gasteiger partial charge in [-0.25, -0.2) is 4.79 Å². The van der Waals surface area contributed by atoms with E-state index >= 15 is 0 Å². The van der Waals surface area contributed by atoms with Gasteiger partial charge in [0.2, 0.25) is 0 Å². The number of carbonyl (C=O) groups excluding carboxylic acids is 1. The molecular weight excluding hydrogens is 358 g/mol. The predicted octanol–water partition coefficient (Wildman–Crippen LogP) is 4.30. The van der Waals surface area contributed by atoms with Crippen molar-refractivity contribution in [3.63, 3.8) is 0 Å². The second kappa shape index (κ2) is 6.73. The summed E-state index contributed by atoms with van der Waals surface area (Å²) >= 11 is 4.53. The van der Waals surface area contributed by atoms with E-state index in [9.17, 15) is 14.9 Å². The molecule has 0 N–H and O–H groups in total. The lowest BCUT2D eigenvalue weighted by molar-refractivity contribution is -0.387. The minimum absolute atomic E-state index is 0.104. The number of thioether (sulfide) groups is 1. The van der Waals surface area contributed by atoms with Crippen molar-refractivity contribution in [1.29, 1.82) is 0 Å². The van der Waals surface area contributed by atoms with E-state index in [-0.39, 0.29) is 11.3 Å². The molecule has 0 bridgehead atoms. The fourth-order valence-electron chi connectivity index (χ4n) is 1.63. The number of ether oxygens (including phenoxy) is 1. The highest BCUT2D eigenvalue weighted by molar-refractivity contribution is 9.10. The molecule has 0 aliphatic carbocycles. The Morgan fingerprint density at radius 2 is 1.90 bits per heavy atom. The first-order valence-corrected chi connectivity index (χ1v) is 7.83. The molecule has 0 saturated heterocycles. The van der Waals surface area contributed by atoms with E-state index in [4.69, 9.17) is 4.74 Å². The van der Waals surface area contributed by atoms with Crippen LogP contribution in [0.2, 0.25) is 0 Å². The molecule has 5 nitrogen and oxygen atoms in total. The van der Waals surface area contributed by atoms with Gasteiger partial charge in [-0.3, -0.25) is 10.1 Å². The summed E-state index contributed by atoms with van der Waals surface area (Å²) in [6, 6.07) is 11.0. The quantitative estimate of drug-likeness (QED) is 0.265. The van der Waals surface area contributed by atoms with Crippen LogP contribution in [0.15, 0.2) is 51.8 Å². The zero-order valence-electron chi connectivity index (χ0n) is 10.9. The van der Waals surface area contributed by atoms with Crippen LogP contribution in [0.1, 0.15) is 10.4 Å². The van der Waals surface area contributed by atoms with Gasteiger partial charge in [0.25, 0.3) is 5.69 Å². The molecule has 7 heteroatoms. The lowest BCUT2D eigenvalue weighted by Crippen LogP contribution is -2.09. The molecule has 0 amide bonds. The summed E-state index contributed by atoms with van der Waals surface area (Å²) in [6.07, 6.45) is 1.74. The second-order valence-corrected chi connectivity index (χ2v) is 5.75. The number of halogens is 1. The maximum absolute atomic E-state index is 12.0. The molecule has 21 heavy (non-hydrogen) atoms. The van der Waals surface area contributed by atoms with Gasteiger partial charge < -0.3 is 4.74 Å². The van der Waals surface area contributed by atoms with Gasteiger partial charge in [0.15, 0.2) is 0 Å². The van der Waals surface area contributed by atoms with Crippen molar-refractivity contribution in [1.82, 2.24) is 0 Å². The van der Waals surface area contributed by atoms with E-state index in [0.717, 1.165) is 4.47 Å². The van der Waals surface area contributed by atoms with Crippen molar-refractivity contribution in [2.75, 3.05) is 6.26 Å². The molecule has 0 heterocycles. The standard InChI is InChI=1S/C14H10BrNO4S/c1-21-13-7-2-9(8-12(13)16(18)19)14(17)20-11-5-3-10(15)4-6-11/h2-8H,1H3. The smallest absolute Gasteiger partial charge is 0.343 e. The summed E-state index contributed by atoms with van der Waals surface area (Å²) in [5, 5.41) is 11.0. The van der Waals surface area contributed by atoms with Crippen LogP contribution in [0, 0.1) is 10.1 Å². The zero-order valence-corrected chi connectivity index (χ0v) is 13.3. The highest BCUT2D eigenvalue weighted by Crippen LogP contribution is 2.28. The van der Waals surface area contributed by atoms with Crippen LogP contribution in [-0.2, 0) is 0 Å². The number of benzene rings is 2. The van der Waals surface area contributed by atoms with E-state index in [2.05, 4.69) is 15.9 Å². The van der Waals surface area contributed by atoms with Crippen LogP contribution in [0.4, 0.5) is 5.69 Å². The first-order valence-electron chi connectivity index (χ1n) is 5.81. The highest BCUT2D eigenvalue weighted by Gasteiger charge is 2.18. The largest absolute Gasteiger partial charge is 0.423 e. The monoisotopic (exact) mass is 367 g/mol. The summed E-state index contributed by atoms with van der Waals surface area (Å²) in [4.78, 5) is 23.0. The number of nitro benzene ring substituents is 1. The van der Waals surface area contributed by atoms with Gasteiger partial charge >= 0.3 is 5.97 Å². The molecule has 2 aromatic rings. The molecule has 0 radical (unpaired) electrons. The number of nitrogens with zero attached hydrogens (tertiary/aromatic N) is 1. The van der Waals surface area contributed by atoms with Crippen LogP contribution in [0.25, 0.3) is 0 Å². The Hall–Kier alpha value is -1.86. The summed E-state index contributed by atoms with van der Waals surface area (Å²) in [5.41, 5.74) is 0.0372. The van der Waals surface area contributed by atoms with Gasteiger partial charge in [-0.05, 0) is 42.7 Å². The Labute approximate surface area is 133 Å². The van der Waals surface area contributed by atoms with Gasteiger partial charge in [-0.2, -0.15) is 0 Å². The molecule has 0 atom stereocenters. The third kappa shape index (κ3) is 3.83. The van der Waals surface area contributed by atoms with E-state index in [1.807, 2.05) is 0 Å². The lowest BCUT2D eigenvalue weighted by atomic mass is 10.2. The number of nitro groups is 1. The predicted molar refractivity (Wildman–Crippen MR) is 84.0 cm³/mol. The zero-order chi connectivity index (χ0) is 15.4. The Balaban J connectivity index is 2.25. The van der Waals surface area contributed by atoms with Gasteiger partial charge in [0.05, 0.1) is 15.4 Å². The Morgan fingerprint density at radius 1 is 1.24 bits per heavy atom. The molecule has 0 aliphatic rings. The fourth-order valence-corrected chi connectivity index (χ4v) is 2.44. The molecule has 2 aromatic carbocycles. The van der Waals surface area contributed by atoms with E-state index < -0.39 is 10.9 Å². The molecule has 2 rings (SSSR count). The second-order valence-electron chi connectivity index (χ2n) is 3.99.